The molecule has 0 fully saturated rings. The van der Waals surface area contributed by atoms with Gasteiger partial charge in [0.15, 0.2) is 11.5 Å². The summed E-state index contributed by atoms with van der Waals surface area (Å²) >= 11 is 0. The Hall–Kier alpha value is -8.38. The molecule has 1 aliphatic heterocycles. The molecule has 8 aromatic rings. The predicted molar refractivity (Wildman–Crippen MR) is 367 cm³/mol. The van der Waals surface area contributed by atoms with Crippen LogP contribution in [0, 0.1) is 0 Å². The van der Waals surface area contributed by atoms with Gasteiger partial charge in [-0.2, -0.15) is 0 Å². The summed E-state index contributed by atoms with van der Waals surface area (Å²) in [6, 6.07) is 45.3. The molecule has 17 heteroatoms. The molecule has 10 rings (SSSR count). The Morgan fingerprint density at radius 3 is 1.84 bits per heavy atom. The van der Waals surface area contributed by atoms with Crippen molar-refractivity contribution in [1.82, 2.24) is 30.1 Å². The van der Waals surface area contributed by atoms with Gasteiger partial charge >= 0.3 is 14.2 Å². The number of ketones is 1. The number of unbranched alkanes of at least 4 members (excludes halogenated alkanes) is 1. The standard InChI is InChI=1S/C72H80B2N8O6Si/c1-48(2)68(83)26-17-18-38-80(43-52-20-11-15-24-65(52)73(85)86)46-64-58-23-14-13-22-57(58)63(45-81(39-19-37-75-72(84)49(3)4)44-53-21-12-16-25-66(53)74(87)88)59-34-29-51(40-62(59)64)67-47-82(77-76-67)54-30-27-50(28-31-54)71-60-35-32-55(78(5)6)41-69(60)89(9,10)70-42-56(79(7)8)33-36-61(70)71/h11-16,20-25,27-36,40-42,47,85-88H,1,3,17-19,26,37-39,43-46H2,2,4-10H3/p+1. The fraction of sp³-hybridized carbons (Fsp3) is 0.264. The molecule has 7 aromatic carbocycles. The number of hydrogen-bond acceptors (Lipinski definition) is 11. The highest BCUT2D eigenvalue weighted by molar-refractivity contribution is 6.98. The number of carbonyl (C=O) groups excluding carboxylic acids is 2. The maximum absolute atomic E-state index is 12.8. The van der Waals surface area contributed by atoms with Crippen LogP contribution in [0.2, 0.25) is 13.1 Å². The Balaban J connectivity index is 1.07. The van der Waals surface area contributed by atoms with Gasteiger partial charge in [0.05, 0.1) is 11.9 Å². The summed E-state index contributed by atoms with van der Waals surface area (Å²) in [6.45, 7) is 19.4. The average Bonchev–Trinajstić information content (AvgIpc) is 1.13. The summed E-state index contributed by atoms with van der Waals surface area (Å²) in [6.07, 6.45) is 11.3. The molecule has 2 aliphatic rings. The Kier molecular flexibility index (Phi) is 19.7. The molecule has 0 saturated heterocycles. The van der Waals surface area contributed by atoms with Crippen molar-refractivity contribution < 1.29 is 34.3 Å². The second-order valence-corrected chi connectivity index (χ2v) is 29.1. The Morgan fingerprint density at radius 2 is 1.25 bits per heavy atom. The largest absolute Gasteiger partial charge is 0.488 e. The SMILES string of the molecule is C=C(C)C(=O)CCCCN(Cc1ccccc1B(O)O)Cc1c2ccccc2c(CN(CCCNC(=O)C(=C)C)Cc2ccccc2B(O)O)c2ccc(-c3cn(-c4ccc(C5=C6C=CC(=[N+](C)C)C=C6[Si](C)(C)c6cc(N(C)C)ccc65)cc4)nn3)cc12. The zero-order valence-electron chi connectivity index (χ0n) is 52.6. The number of fused-ring (bicyclic) bond motifs is 4. The first kappa shape index (κ1) is 63.6. The molecular weight excluding hydrogens is 1120 g/mol. The zero-order valence-corrected chi connectivity index (χ0v) is 53.6. The van der Waals surface area contributed by atoms with E-state index in [2.05, 4.69) is 182 Å². The van der Waals surface area contributed by atoms with Crippen LogP contribution in [0.3, 0.4) is 0 Å². The number of anilines is 1. The molecule has 2 heterocycles. The van der Waals surface area contributed by atoms with Gasteiger partial charge < -0.3 is 30.3 Å². The van der Waals surface area contributed by atoms with E-state index in [0.717, 1.165) is 60.6 Å². The maximum atomic E-state index is 12.8. The lowest BCUT2D eigenvalue weighted by Crippen LogP contribution is -2.49. The van der Waals surface area contributed by atoms with Gasteiger partial charge in [-0.15, -0.1) is 5.10 Å². The van der Waals surface area contributed by atoms with E-state index < -0.39 is 22.3 Å². The fourth-order valence-electron chi connectivity index (χ4n) is 12.6. The molecule has 0 saturated carbocycles. The van der Waals surface area contributed by atoms with Crippen molar-refractivity contribution in [2.45, 2.75) is 78.8 Å². The summed E-state index contributed by atoms with van der Waals surface area (Å²) in [7, 11) is 2.94. The molecule has 14 nitrogen and oxygen atoms in total. The van der Waals surface area contributed by atoms with Gasteiger partial charge in [0.1, 0.15) is 27.9 Å². The number of hydrogen-bond donors (Lipinski definition) is 5. The number of aromatic nitrogens is 3. The highest BCUT2D eigenvalue weighted by Crippen LogP contribution is 2.43. The number of nitrogens with zero attached hydrogens (tertiary/aromatic N) is 7. The van der Waals surface area contributed by atoms with Gasteiger partial charge in [0, 0.05) is 88.8 Å². The van der Waals surface area contributed by atoms with Gasteiger partial charge in [0.2, 0.25) is 5.91 Å². The summed E-state index contributed by atoms with van der Waals surface area (Å²) in [5.74, 6) is -0.160. The number of amides is 1. The molecule has 5 N–H and O–H groups in total. The second-order valence-electron chi connectivity index (χ2n) is 24.7. The minimum Gasteiger partial charge on any atom is -0.423 e. The van der Waals surface area contributed by atoms with Gasteiger partial charge in [0.25, 0.3) is 0 Å². The van der Waals surface area contributed by atoms with Crippen LogP contribution in [0.1, 0.15) is 72.9 Å². The first-order chi connectivity index (χ1) is 42.7. The number of Topliss-reactive ketones (excluding diaryl/α,β-unsaturated/α-hetero) is 1. The van der Waals surface area contributed by atoms with Crippen molar-refractivity contribution in [3.8, 4) is 16.9 Å². The quantitative estimate of drug-likeness (QED) is 0.0122. The number of nitrogens with one attached hydrogen (secondary N) is 1. The smallest absolute Gasteiger partial charge is 0.423 e. The van der Waals surface area contributed by atoms with E-state index in [4.69, 9.17) is 10.3 Å². The molecule has 1 aromatic heterocycles. The third-order valence-electron chi connectivity index (χ3n) is 17.5. The van der Waals surface area contributed by atoms with Crippen molar-refractivity contribution in [1.29, 1.82) is 0 Å². The van der Waals surface area contributed by atoms with Crippen LogP contribution >= 0.6 is 0 Å². The van der Waals surface area contributed by atoms with E-state index in [0.29, 0.717) is 99.3 Å². The normalized spacial score (nSPS) is 13.4. The van der Waals surface area contributed by atoms with Crippen LogP contribution in [0.15, 0.2) is 193 Å². The molecule has 89 heavy (non-hydrogen) atoms. The number of allylic oxidation sites excluding steroid dienone is 6. The van der Waals surface area contributed by atoms with E-state index in [1.807, 2.05) is 41.2 Å². The average molecular weight is 1200 g/mol. The summed E-state index contributed by atoms with van der Waals surface area (Å²) in [4.78, 5) is 32.2. The topological polar surface area (TPSA) is 171 Å². The Bertz CT molecular complexity index is 4160. The molecule has 0 spiro atoms. The van der Waals surface area contributed by atoms with E-state index in [-0.39, 0.29) is 11.7 Å². The van der Waals surface area contributed by atoms with Crippen molar-refractivity contribution in [2.24, 2.45) is 0 Å². The third-order valence-corrected chi connectivity index (χ3v) is 21.0. The van der Waals surface area contributed by atoms with Crippen LogP contribution < -0.4 is 26.3 Å². The first-order valence-electron chi connectivity index (χ1n) is 30.6. The molecule has 1 aliphatic carbocycles. The zero-order chi connectivity index (χ0) is 63.3. The predicted octanol–water partition coefficient (Wildman–Crippen LogP) is 8.55. The summed E-state index contributed by atoms with van der Waals surface area (Å²) in [5.41, 5.74) is 15.2. The Labute approximate surface area is 525 Å². The monoisotopic (exact) mass is 1200 g/mol. The van der Waals surface area contributed by atoms with Crippen LogP contribution in [0.25, 0.3) is 44.1 Å². The van der Waals surface area contributed by atoms with Crippen LogP contribution in [-0.2, 0) is 35.8 Å². The van der Waals surface area contributed by atoms with Crippen molar-refractivity contribution in [3.05, 3.63) is 226 Å². The minimum atomic E-state index is -2.14. The van der Waals surface area contributed by atoms with Crippen LogP contribution in [0.5, 0.6) is 0 Å². The molecule has 1 amide bonds. The maximum Gasteiger partial charge on any atom is 0.488 e. The number of rotatable bonds is 25. The first-order valence-corrected chi connectivity index (χ1v) is 33.6. The lowest BCUT2D eigenvalue weighted by atomic mass is 9.77. The molecule has 0 radical (unpaired) electrons. The number of benzene rings is 7. The number of carbonyl (C=O) groups is 2. The molecule has 0 unspecified atom stereocenters. The van der Waals surface area contributed by atoms with Gasteiger partial charge in [-0.05, 0) is 169 Å². The fourth-order valence-corrected chi connectivity index (χ4v) is 15.6. The van der Waals surface area contributed by atoms with Crippen molar-refractivity contribution in [3.63, 3.8) is 0 Å². The highest BCUT2D eigenvalue weighted by Gasteiger charge is 2.40. The second kappa shape index (κ2) is 27.6. The molecule has 454 valence electrons. The highest BCUT2D eigenvalue weighted by atomic mass is 28.3. The van der Waals surface area contributed by atoms with Crippen molar-refractivity contribution in [2.75, 3.05) is 52.7 Å². The lowest BCUT2D eigenvalue weighted by Gasteiger charge is -2.38. The van der Waals surface area contributed by atoms with Gasteiger partial charge in [-0.3, -0.25) is 19.4 Å². The van der Waals surface area contributed by atoms with Gasteiger partial charge in [-0.25, -0.2) is 9.26 Å². The lowest BCUT2D eigenvalue weighted by molar-refractivity contribution is -0.462. The molecule has 0 atom stereocenters. The van der Waals surface area contributed by atoms with E-state index in [1.54, 1.807) is 32.0 Å². The molecular formula is C72H81B2N8O6Si+. The Morgan fingerprint density at radius 1 is 0.663 bits per heavy atom. The summed E-state index contributed by atoms with van der Waals surface area (Å²) in [5, 5.41) is 61.8. The minimum absolute atomic E-state index is 0.0417. The van der Waals surface area contributed by atoms with Crippen molar-refractivity contribution >= 4 is 88.6 Å². The van der Waals surface area contributed by atoms with E-state index in [1.165, 1.54) is 38.5 Å². The van der Waals surface area contributed by atoms with E-state index in [9.17, 15) is 29.7 Å². The van der Waals surface area contributed by atoms with Crippen LogP contribution in [-0.4, -0.2) is 137 Å². The van der Waals surface area contributed by atoms with Crippen LogP contribution in [0.4, 0.5) is 5.69 Å². The third kappa shape index (κ3) is 14.1. The summed E-state index contributed by atoms with van der Waals surface area (Å²) < 4.78 is 4.01. The van der Waals surface area contributed by atoms with Gasteiger partial charge in [-0.1, -0.05) is 135 Å². The van der Waals surface area contributed by atoms with E-state index >= 15 is 0 Å². The molecule has 0 bridgehead atoms.